The molecule has 0 aliphatic heterocycles. The Morgan fingerprint density at radius 3 is 2.56 bits per heavy atom. The molecule has 0 aliphatic carbocycles. The monoisotopic (exact) mass is 125 g/mol. The summed E-state index contributed by atoms with van der Waals surface area (Å²) in [6.45, 7) is 6.40. The average Bonchev–Trinajstić information content (AvgIpc) is 2.34. The largest absolute Gasteiger partial charge is 0.243 e. The van der Waals surface area contributed by atoms with E-state index in [1.165, 1.54) is 0 Å². The van der Waals surface area contributed by atoms with Crippen LogP contribution < -0.4 is 4.57 Å². The van der Waals surface area contributed by atoms with Gasteiger partial charge in [-0.2, -0.15) is 0 Å². The zero-order valence-electron chi connectivity index (χ0n) is 6.04. The van der Waals surface area contributed by atoms with Crippen molar-refractivity contribution in [1.82, 2.24) is 4.57 Å². The number of rotatable bonds is 2. The molecular formula is C7H13N2+. The van der Waals surface area contributed by atoms with Gasteiger partial charge in [0.25, 0.3) is 0 Å². The number of hydrogen-bond donors (Lipinski definition) is 0. The Kier molecular flexibility index (Phi) is 1.88. The van der Waals surface area contributed by atoms with Crippen LogP contribution in [-0.2, 0) is 13.1 Å². The summed E-state index contributed by atoms with van der Waals surface area (Å²) in [5.41, 5.74) is 0. The second-order valence-corrected chi connectivity index (χ2v) is 2.07. The van der Waals surface area contributed by atoms with Crippen LogP contribution in [0.15, 0.2) is 18.7 Å². The Morgan fingerprint density at radius 2 is 2.22 bits per heavy atom. The van der Waals surface area contributed by atoms with Gasteiger partial charge >= 0.3 is 0 Å². The molecule has 0 aliphatic rings. The lowest BCUT2D eigenvalue weighted by molar-refractivity contribution is -0.693. The van der Waals surface area contributed by atoms with E-state index in [1.807, 2.05) is 0 Å². The molecule has 0 N–H and O–H groups in total. The van der Waals surface area contributed by atoms with E-state index >= 15 is 0 Å². The highest BCUT2D eigenvalue weighted by molar-refractivity contribution is 4.64. The van der Waals surface area contributed by atoms with Crippen molar-refractivity contribution in [3.05, 3.63) is 18.7 Å². The Labute approximate surface area is 55.7 Å². The van der Waals surface area contributed by atoms with Gasteiger partial charge in [-0.3, -0.25) is 0 Å². The summed E-state index contributed by atoms with van der Waals surface area (Å²) in [4.78, 5) is 0. The highest BCUT2D eigenvalue weighted by Gasteiger charge is 1.95. The fourth-order valence-electron chi connectivity index (χ4n) is 0.813. The number of aryl methyl sites for hydroxylation is 2. The maximum Gasteiger partial charge on any atom is 0.243 e. The van der Waals surface area contributed by atoms with Gasteiger partial charge in [0.15, 0.2) is 0 Å². The van der Waals surface area contributed by atoms with E-state index in [1.54, 1.807) is 0 Å². The molecule has 0 unspecified atom stereocenters. The first-order valence-corrected chi connectivity index (χ1v) is 3.41. The van der Waals surface area contributed by atoms with Crippen molar-refractivity contribution in [2.75, 3.05) is 0 Å². The van der Waals surface area contributed by atoms with Crippen LogP contribution in [0.3, 0.4) is 0 Å². The molecule has 0 atom stereocenters. The summed E-state index contributed by atoms with van der Waals surface area (Å²) >= 11 is 0. The van der Waals surface area contributed by atoms with Crippen LogP contribution in [0.4, 0.5) is 0 Å². The average molecular weight is 125 g/mol. The Bertz CT molecular complexity index is 160. The van der Waals surface area contributed by atoms with Gasteiger partial charge in [-0.25, -0.2) is 9.13 Å². The summed E-state index contributed by atoms with van der Waals surface area (Å²) in [5, 5.41) is 0. The smallest absolute Gasteiger partial charge is 0.237 e. The van der Waals surface area contributed by atoms with Crippen LogP contribution in [0.1, 0.15) is 13.8 Å². The molecule has 0 saturated carbocycles. The van der Waals surface area contributed by atoms with E-state index in [4.69, 9.17) is 0 Å². The minimum atomic E-state index is 1.06. The molecule has 1 aromatic rings. The Hall–Kier alpha value is -0.790. The summed E-state index contributed by atoms with van der Waals surface area (Å²) in [6.07, 6.45) is 6.28. The van der Waals surface area contributed by atoms with Crippen molar-refractivity contribution in [2.24, 2.45) is 0 Å². The van der Waals surface area contributed by atoms with Crippen LogP contribution >= 0.6 is 0 Å². The summed E-state index contributed by atoms with van der Waals surface area (Å²) < 4.78 is 4.31. The van der Waals surface area contributed by atoms with Gasteiger partial charge in [-0.05, 0) is 13.8 Å². The molecule has 9 heavy (non-hydrogen) atoms. The van der Waals surface area contributed by atoms with Crippen molar-refractivity contribution < 1.29 is 4.57 Å². The molecular weight excluding hydrogens is 112 g/mol. The third-order valence-electron chi connectivity index (χ3n) is 1.48. The van der Waals surface area contributed by atoms with Gasteiger partial charge in [-0.1, -0.05) is 0 Å². The SMILES string of the molecule is CCn1cc[n+](CC)c1. The molecule has 2 heteroatoms. The molecule has 0 saturated heterocycles. The number of nitrogens with zero attached hydrogens (tertiary/aromatic N) is 2. The van der Waals surface area contributed by atoms with Crippen LogP contribution in [-0.4, -0.2) is 4.57 Å². The summed E-state index contributed by atoms with van der Waals surface area (Å²) in [7, 11) is 0. The quantitative estimate of drug-likeness (QED) is 0.517. The number of aromatic nitrogens is 2. The normalized spacial score (nSPS) is 10.0. The highest BCUT2D eigenvalue weighted by Crippen LogP contribution is 1.81. The van der Waals surface area contributed by atoms with Crippen LogP contribution in [0.25, 0.3) is 0 Å². The van der Waals surface area contributed by atoms with Crippen LogP contribution in [0.5, 0.6) is 0 Å². The molecule has 2 nitrogen and oxygen atoms in total. The van der Waals surface area contributed by atoms with Gasteiger partial charge in [0.05, 0.1) is 13.1 Å². The van der Waals surface area contributed by atoms with E-state index in [-0.39, 0.29) is 0 Å². The fourth-order valence-corrected chi connectivity index (χ4v) is 0.813. The first kappa shape index (κ1) is 6.33. The first-order chi connectivity index (χ1) is 4.36. The van der Waals surface area contributed by atoms with Crippen molar-refractivity contribution >= 4 is 0 Å². The second kappa shape index (κ2) is 2.67. The predicted octanol–water partition coefficient (Wildman–Crippen LogP) is 0.815. The zero-order valence-corrected chi connectivity index (χ0v) is 6.04. The molecule has 0 bridgehead atoms. The fraction of sp³-hybridized carbons (Fsp3) is 0.571. The van der Waals surface area contributed by atoms with E-state index in [2.05, 4.69) is 41.7 Å². The van der Waals surface area contributed by atoms with Crippen molar-refractivity contribution in [1.29, 1.82) is 0 Å². The maximum absolute atomic E-state index is 2.16. The number of imidazole rings is 1. The van der Waals surface area contributed by atoms with Gasteiger partial charge in [0.1, 0.15) is 12.4 Å². The topological polar surface area (TPSA) is 8.81 Å². The first-order valence-electron chi connectivity index (χ1n) is 3.41. The van der Waals surface area contributed by atoms with Gasteiger partial charge in [0.2, 0.25) is 6.33 Å². The molecule has 1 heterocycles. The number of hydrogen-bond acceptors (Lipinski definition) is 0. The zero-order chi connectivity index (χ0) is 6.69. The molecule has 50 valence electrons. The Morgan fingerprint density at radius 1 is 1.44 bits per heavy atom. The lowest BCUT2D eigenvalue weighted by atomic mass is 10.7. The lowest BCUT2D eigenvalue weighted by Crippen LogP contribution is -2.28. The molecule has 0 radical (unpaired) electrons. The van der Waals surface area contributed by atoms with Gasteiger partial charge in [-0.15, -0.1) is 0 Å². The molecule has 1 rings (SSSR count). The lowest BCUT2D eigenvalue weighted by Gasteiger charge is -1.84. The van der Waals surface area contributed by atoms with E-state index in [0.29, 0.717) is 0 Å². The van der Waals surface area contributed by atoms with Gasteiger partial charge < -0.3 is 0 Å². The second-order valence-electron chi connectivity index (χ2n) is 2.07. The summed E-state index contributed by atoms with van der Waals surface area (Å²) in [5.74, 6) is 0. The molecule has 1 aromatic heterocycles. The molecule has 0 spiro atoms. The third kappa shape index (κ3) is 1.31. The standard InChI is InChI=1S/C7H13N2/c1-3-8-5-6-9(4-2)7-8/h5-7H,3-4H2,1-2H3/q+1. The van der Waals surface area contributed by atoms with Crippen molar-refractivity contribution in [3.8, 4) is 0 Å². The highest BCUT2D eigenvalue weighted by atomic mass is 15.1. The third-order valence-corrected chi connectivity index (χ3v) is 1.48. The van der Waals surface area contributed by atoms with E-state index in [9.17, 15) is 0 Å². The van der Waals surface area contributed by atoms with E-state index in [0.717, 1.165) is 13.1 Å². The minimum absolute atomic E-state index is 1.06. The molecule has 0 aromatic carbocycles. The Balaban J connectivity index is 2.74. The van der Waals surface area contributed by atoms with Crippen LogP contribution in [0, 0.1) is 0 Å². The molecule has 0 fully saturated rings. The van der Waals surface area contributed by atoms with Crippen molar-refractivity contribution in [3.63, 3.8) is 0 Å². The predicted molar refractivity (Wildman–Crippen MR) is 36.0 cm³/mol. The minimum Gasteiger partial charge on any atom is -0.237 e. The van der Waals surface area contributed by atoms with E-state index < -0.39 is 0 Å². The van der Waals surface area contributed by atoms with Gasteiger partial charge in [0, 0.05) is 0 Å². The molecule has 0 amide bonds. The maximum atomic E-state index is 2.16. The summed E-state index contributed by atoms with van der Waals surface area (Å²) in [6, 6.07) is 0. The van der Waals surface area contributed by atoms with Crippen LogP contribution in [0.2, 0.25) is 0 Å². The van der Waals surface area contributed by atoms with Crippen molar-refractivity contribution in [2.45, 2.75) is 26.9 Å².